The molecule has 0 saturated heterocycles. The summed E-state index contributed by atoms with van der Waals surface area (Å²) in [5.41, 5.74) is 1.30. The second kappa shape index (κ2) is 6.52. The van der Waals surface area contributed by atoms with Crippen molar-refractivity contribution in [2.45, 2.75) is 11.8 Å². The molecule has 6 heteroatoms. The predicted molar refractivity (Wildman–Crippen MR) is 85.6 cm³/mol. The zero-order valence-electron chi connectivity index (χ0n) is 10.9. The Kier molecular flexibility index (Phi) is 4.96. The maximum absolute atomic E-state index is 12.8. The molecule has 0 atom stereocenters. The molecule has 0 aliphatic rings. The first kappa shape index (κ1) is 15.2. The molecule has 20 heavy (non-hydrogen) atoms. The van der Waals surface area contributed by atoms with Crippen molar-refractivity contribution < 1.29 is 8.42 Å². The van der Waals surface area contributed by atoms with Crippen molar-refractivity contribution in [3.05, 3.63) is 60.2 Å². The highest BCUT2D eigenvalue weighted by molar-refractivity contribution is 8.15. The topological polar surface area (TPSA) is 37.4 Å². The Morgan fingerprint density at radius 3 is 2.25 bits per heavy atom. The molecule has 0 heterocycles. The van der Waals surface area contributed by atoms with E-state index in [0.29, 0.717) is 16.1 Å². The minimum Gasteiger partial charge on any atom is -0.207 e. The Balaban J connectivity index is 2.52. The summed E-state index contributed by atoms with van der Waals surface area (Å²) in [6.07, 6.45) is 0. The Bertz CT molecular complexity index is 675. The zero-order valence-corrected chi connectivity index (χ0v) is 13.3. The quantitative estimate of drug-likeness (QED) is 0.614. The predicted octanol–water partition coefficient (Wildman–Crippen LogP) is 4.03. The van der Waals surface area contributed by atoms with Gasteiger partial charge in [0.25, 0.3) is 10.0 Å². The van der Waals surface area contributed by atoms with Gasteiger partial charge in [-0.15, -0.1) is 11.6 Å². The molecule has 2 aromatic rings. The third kappa shape index (κ3) is 3.11. The van der Waals surface area contributed by atoms with Crippen LogP contribution >= 0.6 is 23.5 Å². The van der Waals surface area contributed by atoms with Crippen LogP contribution in [0.15, 0.2) is 59.5 Å². The number of nitrogens with zero attached hydrogens (tertiary/aromatic N) is 1. The van der Waals surface area contributed by atoms with Gasteiger partial charge in [0.2, 0.25) is 0 Å². The fourth-order valence-electron chi connectivity index (χ4n) is 1.81. The van der Waals surface area contributed by atoms with E-state index in [-0.39, 0.29) is 5.21 Å². The Morgan fingerprint density at radius 1 is 1.05 bits per heavy atom. The van der Waals surface area contributed by atoms with Crippen LogP contribution in [-0.2, 0) is 10.0 Å². The van der Waals surface area contributed by atoms with Gasteiger partial charge < -0.3 is 0 Å². The van der Waals surface area contributed by atoms with E-state index in [0.717, 1.165) is 11.9 Å². The van der Waals surface area contributed by atoms with Crippen molar-refractivity contribution in [2.75, 3.05) is 8.92 Å². The number of anilines is 1. The normalized spacial score (nSPS) is 11.3. The largest absolute Gasteiger partial charge is 0.274 e. The van der Waals surface area contributed by atoms with Gasteiger partial charge in [0.05, 0.1) is 15.8 Å². The third-order valence-electron chi connectivity index (χ3n) is 2.72. The van der Waals surface area contributed by atoms with Gasteiger partial charge in [-0.2, -0.15) is 0 Å². The van der Waals surface area contributed by atoms with Gasteiger partial charge in [0.15, 0.2) is 0 Å². The van der Waals surface area contributed by atoms with E-state index in [1.165, 1.54) is 3.71 Å². The SMILES string of the molecule is Cc1ccccc1S(=O)(=O)N(SCCl)c1ccccc1. The number of benzene rings is 2. The van der Waals surface area contributed by atoms with Crippen LogP contribution in [0, 0.1) is 6.92 Å². The van der Waals surface area contributed by atoms with Crippen LogP contribution in [0.5, 0.6) is 0 Å². The second-order valence-electron chi connectivity index (χ2n) is 4.07. The maximum Gasteiger partial charge on any atom is 0.274 e. The fraction of sp³-hybridized carbons (Fsp3) is 0.143. The Hall–Kier alpha value is -1.17. The van der Waals surface area contributed by atoms with Crippen LogP contribution in [0.1, 0.15) is 5.56 Å². The van der Waals surface area contributed by atoms with Gasteiger partial charge in [-0.05, 0) is 42.6 Å². The third-order valence-corrected chi connectivity index (χ3v) is 6.12. The van der Waals surface area contributed by atoms with Gasteiger partial charge >= 0.3 is 0 Å². The Morgan fingerprint density at radius 2 is 1.65 bits per heavy atom. The van der Waals surface area contributed by atoms with Crippen LogP contribution in [0.2, 0.25) is 0 Å². The number of para-hydroxylation sites is 1. The maximum atomic E-state index is 12.8. The molecule has 0 fully saturated rings. The first-order valence-electron chi connectivity index (χ1n) is 5.92. The van der Waals surface area contributed by atoms with Crippen molar-refractivity contribution in [1.29, 1.82) is 0 Å². The van der Waals surface area contributed by atoms with E-state index in [4.69, 9.17) is 11.6 Å². The lowest BCUT2D eigenvalue weighted by atomic mass is 10.2. The van der Waals surface area contributed by atoms with Crippen molar-refractivity contribution in [1.82, 2.24) is 0 Å². The molecule has 0 saturated carbocycles. The van der Waals surface area contributed by atoms with Crippen LogP contribution in [-0.4, -0.2) is 13.6 Å². The summed E-state index contributed by atoms with van der Waals surface area (Å²) in [5.74, 6) is 0. The first-order valence-corrected chi connectivity index (χ1v) is 8.84. The lowest BCUT2D eigenvalue weighted by molar-refractivity contribution is 0.598. The molecule has 0 spiro atoms. The van der Waals surface area contributed by atoms with Crippen molar-refractivity contribution in [2.24, 2.45) is 0 Å². The van der Waals surface area contributed by atoms with Gasteiger partial charge in [0, 0.05) is 0 Å². The molecule has 0 unspecified atom stereocenters. The summed E-state index contributed by atoms with van der Waals surface area (Å²) < 4.78 is 26.8. The van der Waals surface area contributed by atoms with Gasteiger partial charge in [-0.25, -0.2) is 12.1 Å². The smallest absolute Gasteiger partial charge is 0.207 e. The highest BCUT2D eigenvalue weighted by Gasteiger charge is 2.26. The molecule has 0 aliphatic carbocycles. The second-order valence-corrected chi connectivity index (χ2v) is 7.55. The average Bonchev–Trinajstić information content (AvgIpc) is 2.45. The molecule has 106 valence electrons. The minimum atomic E-state index is -3.64. The summed E-state index contributed by atoms with van der Waals surface area (Å²) >= 11 is 6.79. The first-order chi connectivity index (χ1) is 9.57. The van der Waals surface area contributed by atoms with Crippen LogP contribution < -0.4 is 3.71 Å². The highest BCUT2D eigenvalue weighted by Crippen LogP contribution is 2.31. The van der Waals surface area contributed by atoms with Crippen LogP contribution in [0.3, 0.4) is 0 Å². The van der Waals surface area contributed by atoms with Crippen molar-refractivity contribution in [3.63, 3.8) is 0 Å². The molecule has 0 radical (unpaired) electrons. The van der Waals surface area contributed by atoms with E-state index in [9.17, 15) is 8.42 Å². The summed E-state index contributed by atoms with van der Waals surface area (Å²) in [5, 5.41) is 0.153. The molecule has 0 aliphatic heterocycles. The fourth-order valence-corrected chi connectivity index (χ4v) is 4.90. The molecular formula is C14H14ClNO2S2. The number of rotatable bonds is 5. The number of sulfonamides is 1. The van der Waals surface area contributed by atoms with E-state index in [1.807, 2.05) is 12.1 Å². The molecule has 0 aromatic heterocycles. The number of hydrogen-bond donors (Lipinski definition) is 0. The van der Waals surface area contributed by atoms with Crippen molar-refractivity contribution in [3.8, 4) is 0 Å². The molecular weight excluding hydrogens is 314 g/mol. The lowest BCUT2D eigenvalue weighted by Crippen LogP contribution is -2.25. The molecule has 2 aromatic carbocycles. The van der Waals surface area contributed by atoms with Crippen LogP contribution in [0.25, 0.3) is 0 Å². The summed E-state index contributed by atoms with van der Waals surface area (Å²) in [7, 11) is -3.64. The van der Waals surface area contributed by atoms with Crippen LogP contribution in [0.4, 0.5) is 5.69 Å². The van der Waals surface area contributed by atoms with E-state index >= 15 is 0 Å². The summed E-state index contributed by atoms with van der Waals surface area (Å²) in [4.78, 5) is 0.293. The standard InChI is InChI=1S/C14H14ClNO2S2/c1-12-7-5-6-10-14(12)20(17,18)16(19-11-15)13-8-3-2-4-9-13/h2-10H,11H2,1H3. The van der Waals surface area contributed by atoms with Crippen molar-refractivity contribution >= 4 is 39.3 Å². The lowest BCUT2D eigenvalue weighted by Gasteiger charge is -2.22. The van der Waals surface area contributed by atoms with E-state index in [2.05, 4.69) is 0 Å². The minimum absolute atomic E-state index is 0.153. The monoisotopic (exact) mass is 327 g/mol. The van der Waals surface area contributed by atoms with E-state index < -0.39 is 10.0 Å². The summed E-state index contributed by atoms with van der Waals surface area (Å²) in [6, 6.07) is 15.8. The summed E-state index contributed by atoms with van der Waals surface area (Å²) in [6.45, 7) is 1.78. The molecule has 0 N–H and O–H groups in total. The average molecular weight is 328 g/mol. The zero-order chi connectivity index (χ0) is 14.6. The number of hydrogen-bond acceptors (Lipinski definition) is 3. The number of aryl methyl sites for hydroxylation is 1. The number of halogens is 1. The van der Waals surface area contributed by atoms with Gasteiger partial charge in [-0.3, -0.25) is 0 Å². The highest BCUT2D eigenvalue weighted by atomic mass is 35.5. The van der Waals surface area contributed by atoms with E-state index in [1.54, 1.807) is 49.4 Å². The Labute approximate surface area is 128 Å². The molecule has 0 amide bonds. The molecule has 3 nitrogen and oxygen atoms in total. The van der Waals surface area contributed by atoms with Gasteiger partial charge in [0.1, 0.15) is 0 Å². The molecule has 0 bridgehead atoms. The van der Waals surface area contributed by atoms with Gasteiger partial charge in [-0.1, -0.05) is 36.4 Å². The molecule has 2 rings (SSSR count). The number of alkyl halides is 1.